The SMILES string of the molecule is O=C([O-])C1CCN(c2ccc(C(F)(F)F)cc2)CC1. The standard InChI is InChI=1S/C13H14F3NO2/c14-13(15,16)10-1-3-11(4-2-10)17-7-5-9(6-8-17)12(18)19/h1-4,9H,5-8H2,(H,18,19)/p-1. The Balaban J connectivity index is 2.02. The highest BCUT2D eigenvalue weighted by atomic mass is 19.4. The Kier molecular flexibility index (Phi) is 3.68. The summed E-state index contributed by atoms with van der Waals surface area (Å²) in [6.45, 7) is 1.04. The molecular formula is C13H13F3NO2-. The highest BCUT2D eigenvalue weighted by molar-refractivity contribution is 5.68. The zero-order valence-electron chi connectivity index (χ0n) is 10.1. The van der Waals surface area contributed by atoms with Gasteiger partial charge in [-0.2, -0.15) is 13.2 Å². The Morgan fingerprint density at radius 3 is 2.11 bits per heavy atom. The van der Waals surface area contributed by atoms with Gasteiger partial charge in [-0.25, -0.2) is 0 Å². The lowest BCUT2D eigenvalue weighted by atomic mass is 9.96. The number of alkyl halides is 3. The number of carbonyl (C=O) groups is 1. The van der Waals surface area contributed by atoms with Crippen LogP contribution in [-0.2, 0) is 11.0 Å². The van der Waals surface area contributed by atoms with Gasteiger partial charge in [0, 0.05) is 30.7 Å². The Morgan fingerprint density at radius 1 is 1.16 bits per heavy atom. The van der Waals surface area contributed by atoms with Crippen LogP contribution in [0, 0.1) is 5.92 Å². The molecule has 0 unspecified atom stereocenters. The molecule has 1 fully saturated rings. The number of nitrogens with zero attached hydrogens (tertiary/aromatic N) is 1. The van der Waals surface area contributed by atoms with E-state index >= 15 is 0 Å². The molecule has 19 heavy (non-hydrogen) atoms. The van der Waals surface area contributed by atoms with Crippen LogP contribution in [-0.4, -0.2) is 19.1 Å². The molecule has 1 aromatic carbocycles. The minimum Gasteiger partial charge on any atom is -0.550 e. The third-order valence-electron chi connectivity index (χ3n) is 3.39. The molecule has 1 heterocycles. The molecule has 1 aliphatic rings. The second-order valence-electron chi connectivity index (χ2n) is 4.62. The van der Waals surface area contributed by atoms with Gasteiger partial charge in [0.25, 0.3) is 0 Å². The van der Waals surface area contributed by atoms with Crippen molar-refractivity contribution in [2.24, 2.45) is 5.92 Å². The molecule has 0 amide bonds. The molecule has 2 rings (SSSR count). The summed E-state index contributed by atoms with van der Waals surface area (Å²) in [4.78, 5) is 12.6. The second kappa shape index (κ2) is 5.11. The van der Waals surface area contributed by atoms with E-state index in [0.29, 0.717) is 31.6 Å². The van der Waals surface area contributed by atoms with Gasteiger partial charge in [-0.05, 0) is 37.1 Å². The number of hydrogen-bond donors (Lipinski definition) is 0. The molecule has 0 atom stereocenters. The number of halogens is 3. The van der Waals surface area contributed by atoms with Gasteiger partial charge in [-0.1, -0.05) is 0 Å². The van der Waals surface area contributed by atoms with Crippen molar-refractivity contribution in [1.29, 1.82) is 0 Å². The van der Waals surface area contributed by atoms with E-state index in [4.69, 9.17) is 0 Å². The lowest BCUT2D eigenvalue weighted by Crippen LogP contribution is -2.41. The smallest absolute Gasteiger partial charge is 0.416 e. The van der Waals surface area contributed by atoms with Gasteiger partial charge in [0.15, 0.2) is 0 Å². The van der Waals surface area contributed by atoms with Crippen LogP contribution in [0.2, 0.25) is 0 Å². The molecule has 0 saturated carbocycles. The third kappa shape index (κ3) is 3.19. The summed E-state index contributed by atoms with van der Waals surface area (Å²) in [5.41, 5.74) is 0.00525. The van der Waals surface area contributed by atoms with Crippen molar-refractivity contribution in [2.45, 2.75) is 19.0 Å². The summed E-state index contributed by atoms with van der Waals surface area (Å²) in [7, 11) is 0. The maximum Gasteiger partial charge on any atom is 0.416 e. The van der Waals surface area contributed by atoms with Crippen molar-refractivity contribution < 1.29 is 23.1 Å². The van der Waals surface area contributed by atoms with Crippen molar-refractivity contribution in [3.05, 3.63) is 29.8 Å². The van der Waals surface area contributed by atoms with E-state index in [1.165, 1.54) is 12.1 Å². The molecule has 1 saturated heterocycles. The quantitative estimate of drug-likeness (QED) is 0.822. The Labute approximate surface area is 108 Å². The van der Waals surface area contributed by atoms with Gasteiger partial charge in [-0.3, -0.25) is 0 Å². The molecule has 0 aliphatic carbocycles. The van der Waals surface area contributed by atoms with Crippen LogP contribution in [0.15, 0.2) is 24.3 Å². The minimum absolute atomic E-state index is 0.453. The Hall–Kier alpha value is -1.72. The largest absolute Gasteiger partial charge is 0.550 e. The fourth-order valence-electron chi connectivity index (χ4n) is 2.23. The Bertz CT molecular complexity index is 448. The summed E-state index contributed by atoms with van der Waals surface area (Å²) in [5.74, 6) is -1.50. The molecule has 0 N–H and O–H groups in total. The van der Waals surface area contributed by atoms with Crippen LogP contribution in [0.5, 0.6) is 0 Å². The van der Waals surface area contributed by atoms with E-state index in [0.717, 1.165) is 12.1 Å². The number of anilines is 1. The molecule has 0 spiro atoms. The highest BCUT2D eigenvalue weighted by Crippen LogP contribution is 2.31. The van der Waals surface area contributed by atoms with E-state index in [9.17, 15) is 23.1 Å². The van der Waals surface area contributed by atoms with Crippen molar-refractivity contribution >= 4 is 11.7 Å². The first-order valence-corrected chi connectivity index (χ1v) is 6.01. The summed E-state index contributed by atoms with van der Waals surface area (Å²) >= 11 is 0. The maximum atomic E-state index is 12.4. The molecule has 1 aliphatic heterocycles. The van der Waals surface area contributed by atoms with Crippen molar-refractivity contribution in [2.75, 3.05) is 18.0 Å². The Morgan fingerprint density at radius 2 is 1.68 bits per heavy atom. The minimum atomic E-state index is -4.33. The fraction of sp³-hybridized carbons (Fsp3) is 0.462. The van der Waals surface area contributed by atoms with Crippen molar-refractivity contribution in [3.63, 3.8) is 0 Å². The molecule has 6 heteroatoms. The number of aliphatic carboxylic acids is 1. The summed E-state index contributed by atoms with van der Waals surface area (Å²) in [5, 5.41) is 10.7. The number of benzene rings is 1. The number of piperidine rings is 1. The number of carbonyl (C=O) groups excluding carboxylic acids is 1. The lowest BCUT2D eigenvalue weighted by Gasteiger charge is -2.34. The first-order chi connectivity index (χ1) is 8.88. The first-order valence-electron chi connectivity index (χ1n) is 6.01. The van der Waals surface area contributed by atoms with E-state index in [1.807, 2.05) is 4.90 Å². The van der Waals surface area contributed by atoms with Gasteiger partial charge in [0.2, 0.25) is 0 Å². The van der Waals surface area contributed by atoms with Crippen LogP contribution in [0.25, 0.3) is 0 Å². The topological polar surface area (TPSA) is 43.4 Å². The monoisotopic (exact) mass is 272 g/mol. The van der Waals surface area contributed by atoms with E-state index in [-0.39, 0.29) is 0 Å². The van der Waals surface area contributed by atoms with Crippen LogP contribution < -0.4 is 10.0 Å². The van der Waals surface area contributed by atoms with Crippen molar-refractivity contribution in [1.82, 2.24) is 0 Å². The average molecular weight is 272 g/mol. The summed E-state index contributed by atoms with van der Waals surface area (Å²) < 4.78 is 37.2. The molecule has 0 radical (unpaired) electrons. The highest BCUT2D eigenvalue weighted by Gasteiger charge is 2.30. The summed E-state index contributed by atoms with van der Waals surface area (Å²) in [6.07, 6.45) is -3.41. The van der Waals surface area contributed by atoms with Crippen LogP contribution >= 0.6 is 0 Å². The molecule has 3 nitrogen and oxygen atoms in total. The second-order valence-corrected chi connectivity index (χ2v) is 4.62. The van der Waals surface area contributed by atoms with Crippen LogP contribution in [0.3, 0.4) is 0 Å². The maximum absolute atomic E-state index is 12.4. The van der Waals surface area contributed by atoms with E-state index < -0.39 is 23.6 Å². The van der Waals surface area contributed by atoms with Gasteiger partial charge in [0.1, 0.15) is 0 Å². The average Bonchev–Trinajstić information content (AvgIpc) is 2.38. The van der Waals surface area contributed by atoms with Gasteiger partial charge in [-0.15, -0.1) is 0 Å². The molecule has 1 aromatic rings. The van der Waals surface area contributed by atoms with Crippen molar-refractivity contribution in [3.8, 4) is 0 Å². The van der Waals surface area contributed by atoms with E-state index in [1.54, 1.807) is 0 Å². The zero-order chi connectivity index (χ0) is 14.0. The number of carboxylic acids is 1. The van der Waals surface area contributed by atoms with E-state index in [2.05, 4.69) is 0 Å². The lowest BCUT2D eigenvalue weighted by molar-refractivity contribution is -0.312. The first kappa shape index (κ1) is 13.7. The van der Waals surface area contributed by atoms with Crippen LogP contribution in [0.4, 0.5) is 18.9 Å². The predicted octanol–water partition coefficient (Wildman–Crippen LogP) is 1.67. The third-order valence-corrected chi connectivity index (χ3v) is 3.39. The van der Waals surface area contributed by atoms with Gasteiger partial charge < -0.3 is 14.8 Å². The summed E-state index contributed by atoms with van der Waals surface area (Å²) in [6, 6.07) is 4.92. The molecule has 0 aromatic heterocycles. The molecule has 104 valence electrons. The predicted molar refractivity (Wildman–Crippen MR) is 61.4 cm³/mol. The van der Waals surface area contributed by atoms with Crippen LogP contribution in [0.1, 0.15) is 18.4 Å². The van der Waals surface area contributed by atoms with Gasteiger partial charge in [0.05, 0.1) is 5.56 Å². The fourth-order valence-corrected chi connectivity index (χ4v) is 2.23. The normalized spacial score (nSPS) is 17.5. The van der Waals surface area contributed by atoms with Gasteiger partial charge >= 0.3 is 6.18 Å². The number of hydrogen-bond acceptors (Lipinski definition) is 3. The zero-order valence-corrected chi connectivity index (χ0v) is 10.1. The number of rotatable bonds is 2. The molecule has 0 bridgehead atoms. The molecular weight excluding hydrogens is 259 g/mol. The number of carboxylic acid groups (broad SMARTS) is 1.